The fraction of sp³-hybridized carbons (Fsp3) is 0.900. The first-order chi connectivity index (χ1) is 9.38. The molecule has 0 radical (unpaired) electrons. The highest BCUT2D eigenvalue weighted by atomic mass is 14.2. The van der Waals surface area contributed by atoms with Gasteiger partial charge in [-0.2, -0.15) is 0 Å². The van der Waals surface area contributed by atoms with E-state index < -0.39 is 0 Å². The second-order valence-electron chi connectivity index (χ2n) is 7.48. The summed E-state index contributed by atoms with van der Waals surface area (Å²) in [6, 6.07) is 0. The van der Waals surface area contributed by atoms with Crippen molar-refractivity contribution in [1.29, 1.82) is 0 Å². The maximum Gasteiger partial charge on any atom is -0.0208 e. The zero-order valence-corrected chi connectivity index (χ0v) is 15.3. The molecule has 0 nitrogen and oxygen atoms in total. The van der Waals surface area contributed by atoms with Crippen molar-refractivity contribution in [3.8, 4) is 0 Å². The van der Waals surface area contributed by atoms with E-state index in [4.69, 9.17) is 0 Å². The van der Waals surface area contributed by atoms with Crippen LogP contribution in [0.2, 0.25) is 0 Å². The van der Waals surface area contributed by atoms with Gasteiger partial charge >= 0.3 is 0 Å². The SMILES string of the molecule is CCC(C)CCCCCCC(=CC(C)C)C(C)C(C)C. The normalized spacial score (nSPS) is 15.9. The van der Waals surface area contributed by atoms with Crippen molar-refractivity contribution in [3.63, 3.8) is 0 Å². The highest BCUT2D eigenvalue weighted by molar-refractivity contribution is 5.07. The van der Waals surface area contributed by atoms with E-state index in [0.717, 1.165) is 17.8 Å². The monoisotopic (exact) mass is 280 g/mol. The first-order valence-electron chi connectivity index (χ1n) is 9.09. The molecule has 0 N–H and O–H groups in total. The molecule has 120 valence electrons. The summed E-state index contributed by atoms with van der Waals surface area (Å²) in [6.07, 6.45) is 12.3. The molecule has 0 saturated heterocycles. The molecule has 0 amide bonds. The molecule has 0 aromatic heterocycles. The molecule has 0 aliphatic heterocycles. The van der Waals surface area contributed by atoms with Crippen molar-refractivity contribution in [1.82, 2.24) is 0 Å². The first kappa shape index (κ1) is 19.7. The van der Waals surface area contributed by atoms with E-state index in [2.05, 4.69) is 54.5 Å². The predicted octanol–water partition coefficient (Wildman–Crippen LogP) is 7.25. The Morgan fingerprint density at radius 1 is 0.850 bits per heavy atom. The van der Waals surface area contributed by atoms with E-state index in [0.29, 0.717) is 5.92 Å². The summed E-state index contributed by atoms with van der Waals surface area (Å²) in [6.45, 7) is 16.4. The molecule has 0 aromatic carbocycles. The summed E-state index contributed by atoms with van der Waals surface area (Å²) in [5.41, 5.74) is 1.71. The van der Waals surface area contributed by atoms with E-state index in [1.165, 1.54) is 44.9 Å². The Balaban J connectivity index is 3.98. The molecule has 0 aromatic rings. The molecule has 0 aliphatic rings. The Labute approximate surface area is 129 Å². The minimum absolute atomic E-state index is 0.691. The van der Waals surface area contributed by atoms with Crippen LogP contribution in [0, 0.1) is 23.7 Å². The number of unbranched alkanes of at least 4 members (excludes halogenated alkanes) is 3. The Hall–Kier alpha value is -0.260. The second-order valence-corrected chi connectivity index (χ2v) is 7.48. The lowest BCUT2D eigenvalue weighted by atomic mass is 9.85. The van der Waals surface area contributed by atoms with Crippen molar-refractivity contribution in [3.05, 3.63) is 11.6 Å². The Bertz CT molecular complexity index is 247. The van der Waals surface area contributed by atoms with Crippen molar-refractivity contribution in [2.45, 2.75) is 93.4 Å². The molecule has 2 unspecified atom stereocenters. The van der Waals surface area contributed by atoms with Gasteiger partial charge in [-0.3, -0.25) is 0 Å². The number of allylic oxidation sites excluding steroid dienone is 2. The maximum absolute atomic E-state index is 2.52. The van der Waals surface area contributed by atoms with Crippen LogP contribution in [0.3, 0.4) is 0 Å². The van der Waals surface area contributed by atoms with Gasteiger partial charge in [-0.15, -0.1) is 0 Å². The van der Waals surface area contributed by atoms with Gasteiger partial charge in [0, 0.05) is 0 Å². The quantitative estimate of drug-likeness (QED) is 0.276. The molecule has 0 fully saturated rings. The maximum atomic E-state index is 2.52. The lowest BCUT2D eigenvalue weighted by molar-refractivity contribution is 0.448. The van der Waals surface area contributed by atoms with Gasteiger partial charge in [-0.25, -0.2) is 0 Å². The van der Waals surface area contributed by atoms with E-state index in [9.17, 15) is 0 Å². The average Bonchev–Trinajstić information content (AvgIpc) is 2.39. The zero-order valence-electron chi connectivity index (χ0n) is 15.3. The van der Waals surface area contributed by atoms with Gasteiger partial charge in [0.2, 0.25) is 0 Å². The highest BCUT2D eigenvalue weighted by Crippen LogP contribution is 2.26. The second kappa shape index (κ2) is 11.4. The van der Waals surface area contributed by atoms with Crippen LogP contribution in [-0.2, 0) is 0 Å². The Morgan fingerprint density at radius 2 is 1.45 bits per heavy atom. The van der Waals surface area contributed by atoms with E-state index >= 15 is 0 Å². The van der Waals surface area contributed by atoms with Crippen molar-refractivity contribution < 1.29 is 0 Å². The van der Waals surface area contributed by atoms with E-state index in [1.807, 2.05) is 0 Å². The lowest BCUT2D eigenvalue weighted by Gasteiger charge is -2.21. The number of rotatable bonds is 11. The largest absolute Gasteiger partial charge is 0.0825 e. The van der Waals surface area contributed by atoms with Gasteiger partial charge in [0.05, 0.1) is 0 Å². The summed E-state index contributed by atoms with van der Waals surface area (Å²) in [7, 11) is 0. The van der Waals surface area contributed by atoms with Crippen LogP contribution in [0.25, 0.3) is 0 Å². The molecule has 0 bridgehead atoms. The minimum Gasteiger partial charge on any atom is -0.0825 e. The fourth-order valence-electron chi connectivity index (χ4n) is 2.70. The minimum atomic E-state index is 0.691. The molecule has 20 heavy (non-hydrogen) atoms. The van der Waals surface area contributed by atoms with Gasteiger partial charge in [0.15, 0.2) is 0 Å². The summed E-state index contributed by atoms with van der Waals surface area (Å²) in [5, 5.41) is 0. The highest BCUT2D eigenvalue weighted by Gasteiger charge is 2.13. The Kier molecular flexibility index (Phi) is 11.3. The van der Waals surface area contributed by atoms with E-state index in [1.54, 1.807) is 5.57 Å². The fourth-order valence-corrected chi connectivity index (χ4v) is 2.70. The molecule has 0 aliphatic carbocycles. The van der Waals surface area contributed by atoms with Gasteiger partial charge < -0.3 is 0 Å². The van der Waals surface area contributed by atoms with Crippen LogP contribution in [0.4, 0.5) is 0 Å². The average molecular weight is 281 g/mol. The van der Waals surface area contributed by atoms with Crippen LogP contribution in [0.15, 0.2) is 11.6 Å². The molecule has 2 atom stereocenters. The van der Waals surface area contributed by atoms with Gasteiger partial charge in [-0.1, -0.05) is 92.2 Å². The van der Waals surface area contributed by atoms with Crippen LogP contribution in [-0.4, -0.2) is 0 Å². The molecule has 0 spiro atoms. The lowest BCUT2D eigenvalue weighted by Crippen LogP contribution is -2.08. The summed E-state index contributed by atoms with van der Waals surface area (Å²) >= 11 is 0. The van der Waals surface area contributed by atoms with Gasteiger partial charge in [0.25, 0.3) is 0 Å². The topological polar surface area (TPSA) is 0 Å². The van der Waals surface area contributed by atoms with Crippen molar-refractivity contribution in [2.24, 2.45) is 23.7 Å². The molecule has 0 heterocycles. The molecular formula is C20H40. The summed E-state index contributed by atoms with van der Waals surface area (Å²) in [4.78, 5) is 0. The van der Waals surface area contributed by atoms with E-state index in [-0.39, 0.29) is 0 Å². The van der Waals surface area contributed by atoms with Gasteiger partial charge in [0.1, 0.15) is 0 Å². The third-order valence-corrected chi connectivity index (χ3v) is 4.74. The standard InChI is InChI=1S/C20H40/c1-8-18(6)13-11-9-10-12-14-20(15-16(2)3)19(7)17(4)5/h15-19H,8-14H2,1-7H3. The molecule has 0 rings (SSSR count). The van der Waals surface area contributed by atoms with Crippen LogP contribution in [0.1, 0.15) is 93.4 Å². The predicted molar refractivity (Wildman–Crippen MR) is 94.1 cm³/mol. The van der Waals surface area contributed by atoms with Crippen LogP contribution >= 0.6 is 0 Å². The number of hydrogen-bond donors (Lipinski definition) is 0. The zero-order chi connectivity index (χ0) is 15.5. The number of hydrogen-bond acceptors (Lipinski definition) is 0. The smallest absolute Gasteiger partial charge is 0.0208 e. The van der Waals surface area contributed by atoms with Crippen LogP contribution in [0.5, 0.6) is 0 Å². The van der Waals surface area contributed by atoms with Crippen LogP contribution < -0.4 is 0 Å². The first-order valence-corrected chi connectivity index (χ1v) is 9.09. The summed E-state index contributed by atoms with van der Waals surface area (Å²) < 4.78 is 0. The third-order valence-electron chi connectivity index (χ3n) is 4.74. The van der Waals surface area contributed by atoms with Gasteiger partial charge in [-0.05, 0) is 36.5 Å². The molecule has 0 heteroatoms. The molecule has 0 saturated carbocycles. The third kappa shape index (κ3) is 9.61. The summed E-state index contributed by atoms with van der Waals surface area (Å²) in [5.74, 6) is 3.13. The molecular weight excluding hydrogens is 240 g/mol. The Morgan fingerprint density at radius 3 is 1.95 bits per heavy atom. The van der Waals surface area contributed by atoms with Crippen molar-refractivity contribution >= 4 is 0 Å². The van der Waals surface area contributed by atoms with Crippen molar-refractivity contribution in [2.75, 3.05) is 0 Å².